The lowest BCUT2D eigenvalue weighted by Gasteiger charge is -2.15. The standard InChI is InChI=1S/C17H22N2/c1-11-8-12(2)17-14(9-11)16(18-3)10-15(19-17)13-6-4-5-7-13/h8-10,13H,4-7H2,1-3H3,(H,18,19). The number of aromatic nitrogens is 1. The van der Waals surface area contributed by atoms with Crippen molar-refractivity contribution in [1.82, 2.24) is 4.98 Å². The molecule has 0 amide bonds. The van der Waals surface area contributed by atoms with Crippen LogP contribution in [-0.2, 0) is 0 Å². The Hall–Kier alpha value is -1.57. The van der Waals surface area contributed by atoms with Crippen LogP contribution in [0.5, 0.6) is 0 Å². The summed E-state index contributed by atoms with van der Waals surface area (Å²) in [4.78, 5) is 4.97. The van der Waals surface area contributed by atoms with Gasteiger partial charge in [-0.1, -0.05) is 24.5 Å². The summed E-state index contributed by atoms with van der Waals surface area (Å²) in [5.41, 5.74) is 6.25. The number of aryl methyl sites for hydroxylation is 2. The van der Waals surface area contributed by atoms with Crippen LogP contribution in [0.1, 0.15) is 48.4 Å². The maximum atomic E-state index is 4.97. The number of nitrogens with zero attached hydrogens (tertiary/aromatic N) is 1. The highest BCUT2D eigenvalue weighted by atomic mass is 14.8. The van der Waals surface area contributed by atoms with Crippen molar-refractivity contribution in [2.24, 2.45) is 0 Å². The Morgan fingerprint density at radius 3 is 2.53 bits per heavy atom. The van der Waals surface area contributed by atoms with Crippen molar-refractivity contribution in [2.45, 2.75) is 45.4 Å². The fourth-order valence-electron chi connectivity index (χ4n) is 3.34. The molecule has 2 heteroatoms. The van der Waals surface area contributed by atoms with E-state index in [9.17, 15) is 0 Å². The van der Waals surface area contributed by atoms with Gasteiger partial charge in [0.05, 0.1) is 5.52 Å². The second-order valence-corrected chi connectivity index (χ2v) is 5.80. The molecule has 1 aromatic heterocycles. The van der Waals surface area contributed by atoms with Gasteiger partial charge in [0.2, 0.25) is 0 Å². The van der Waals surface area contributed by atoms with Gasteiger partial charge in [-0.3, -0.25) is 4.98 Å². The predicted octanol–water partition coefficient (Wildman–Crippen LogP) is 4.55. The Balaban J connectivity index is 2.21. The van der Waals surface area contributed by atoms with Gasteiger partial charge >= 0.3 is 0 Å². The molecule has 0 aliphatic heterocycles. The lowest BCUT2D eigenvalue weighted by atomic mass is 9.99. The van der Waals surface area contributed by atoms with Crippen LogP contribution in [0.15, 0.2) is 18.2 Å². The maximum absolute atomic E-state index is 4.97. The van der Waals surface area contributed by atoms with E-state index < -0.39 is 0 Å². The lowest BCUT2D eigenvalue weighted by Crippen LogP contribution is -2.01. The van der Waals surface area contributed by atoms with Crippen molar-refractivity contribution >= 4 is 16.6 Å². The molecule has 3 rings (SSSR count). The number of hydrogen-bond acceptors (Lipinski definition) is 2. The van der Waals surface area contributed by atoms with Crippen LogP contribution in [0.4, 0.5) is 5.69 Å². The average Bonchev–Trinajstić information content (AvgIpc) is 2.91. The summed E-state index contributed by atoms with van der Waals surface area (Å²) in [6, 6.07) is 6.73. The van der Waals surface area contributed by atoms with Crippen LogP contribution in [-0.4, -0.2) is 12.0 Å². The molecule has 1 fully saturated rings. The van der Waals surface area contributed by atoms with Gasteiger partial charge in [0, 0.05) is 29.7 Å². The van der Waals surface area contributed by atoms with Crippen molar-refractivity contribution in [3.8, 4) is 0 Å². The van der Waals surface area contributed by atoms with Crippen molar-refractivity contribution in [3.63, 3.8) is 0 Å². The molecule has 1 heterocycles. The summed E-state index contributed by atoms with van der Waals surface area (Å²) in [5.74, 6) is 0.664. The van der Waals surface area contributed by atoms with Gasteiger partial charge in [0.15, 0.2) is 0 Å². The van der Waals surface area contributed by atoms with Crippen LogP contribution < -0.4 is 5.32 Å². The zero-order valence-electron chi connectivity index (χ0n) is 12.1. The normalized spacial score (nSPS) is 16.2. The topological polar surface area (TPSA) is 24.9 Å². The smallest absolute Gasteiger partial charge is 0.0755 e. The summed E-state index contributed by atoms with van der Waals surface area (Å²) < 4.78 is 0. The third-order valence-electron chi connectivity index (χ3n) is 4.31. The molecule has 0 atom stereocenters. The Morgan fingerprint density at radius 1 is 1.11 bits per heavy atom. The van der Waals surface area contributed by atoms with Gasteiger partial charge in [0.25, 0.3) is 0 Å². The van der Waals surface area contributed by atoms with E-state index >= 15 is 0 Å². The molecule has 1 aromatic carbocycles. The van der Waals surface area contributed by atoms with E-state index in [-0.39, 0.29) is 0 Å². The number of nitrogens with one attached hydrogen (secondary N) is 1. The molecule has 2 nitrogen and oxygen atoms in total. The van der Waals surface area contributed by atoms with Crippen molar-refractivity contribution in [1.29, 1.82) is 0 Å². The Kier molecular flexibility index (Phi) is 3.17. The van der Waals surface area contributed by atoms with Gasteiger partial charge in [-0.2, -0.15) is 0 Å². The Labute approximate surface area is 115 Å². The van der Waals surface area contributed by atoms with Gasteiger partial charge in [0.1, 0.15) is 0 Å². The van der Waals surface area contributed by atoms with E-state index in [0.717, 1.165) is 0 Å². The van der Waals surface area contributed by atoms with Crippen molar-refractivity contribution in [3.05, 3.63) is 35.0 Å². The predicted molar refractivity (Wildman–Crippen MR) is 82.0 cm³/mol. The summed E-state index contributed by atoms with van der Waals surface area (Å²) in [7, 11) is 2.00. The molecule has 0 unspecified atom stereocenters. The second-order valence-electron chi connectivity index (χ2n) is 5.80. The number of benzene rings is 1. The molecule has 0 saturated heterocycles. The van der Waals surface area contributed by atoms with Crippen LogP contribution in [0.3, 0.4) is 0 Å². The highest BCUT2D eigenvalue weighted by Gasteiger charge is 2.20. The lowest BCUT2D eigenvalue weighted by molar-refractivity contribution is 0.701. The van der Waals surface area contributed by atoms with Crippen LogP contribution in [0.25, 0.3) is 10.9 Å². The molecule has 0 bridgehead atoms. The molecule has 0 spiro atoms. The molecule has 1 saturated carbocycles. The molecule has 0 radical (unpaired) electrons. The first kappa shape index (κ1) is 12.5. The third-order valence-corrected chi connectivity index (χ3v) is 4.31. The largest absolute Gasteiger partial charge is 0.388 e. The number of pyridine rings is 1. The Bertz CT molecular complexity index is 610. The van der Waals surface area contributed by atoms with Gasteiger partial charge < -0.3 is 5.32 Å². The highest BCUT2D eigenvalue weighted by Crippen LogP contribution is 2.36. The minimum atomic E-state index is 0.664. The fraction of sp³-hybridized carbons (Fsp3) is 0.471. The Morgan fingerprint density at radius 2 is 1.84 bits per heavy atom. The summed E-state index contributed by atoms with van der Waals surface area (Å²) >= 11 is 0. The number of anilines is 1. The molecule has 100 valence electrons. The molecule has 2 aromatic rings. The zero-order chi connectivity index (χ0) is 13.4. The van der Waals surface area contributed by atoms with Crippen molar-refractivity contribution < 1.29 is 0 Å². The second kappa shape index (κ2) is 4.84. The minimum absolute atomic E-state index is 0.664. The molecule has 1 aliphatic rings. The van der Waals surface area contributed by atoms with E-state index in [1.165, 1.54) is 59.1 Å². The average molecular weight is 254 g/mol. The van der Waals surface area contributed by atoms with Gasteiger partial charge in [-0.25, -0.2) is 0 Å². The van der Waals surface area contributed by atoms with Crippen LogP contribution in [0, 0.1) is 13.8 Å². The first-order chi connectivity index (χ1) is 9.19. The number of hydrogen-bond donors (Lipinski definition) is 1. The van der Waals surface area contributed by atoms with E-state index in [0.29, 0.717) is 5.92 Å². The molecule has 1 N–H and O–H groups in total. The summed E-state index contributed by atoms with van der Waals surface area (Å²) in [6.07, 6.45) is 5.30. The quantitative estimate of drug-likeness (QED) is 0.850. The fourth-order valence-corrected chi connectivity index (χ4v) is 3.34. The first-order valence-corrected chi connectivity index (χ1v) is 7.28. The molecule has 1 aliphatic carbocycles. The monoisotopic (exact) mass is 254 g/mol. The van der Waals surface area contributed by atoms with E-state index in [2.05, 4.69) is 37.4 Å². The summed E-state index contributed by atoms with van der Waals surface area (Å²) in [6.45, 7) is 4.32. The number of rotatable bonds is 2. The van der Waals surface area contributed by atoms with E-state index in [1.807, 2.05) is 7.05 Å². The van der Waals surface area contributed by atoms with E-state index in [4.69, 9.17) is 4.98 Å². The minimum Gasteiger partial charge on any atom is -0.388 e. The first-order valence-electron chi connectivity index (χ1n) is 7.28. The van der Waals surface area contributed by atoms with Gasteiger partial charge in [-0.15, -0.1) is 0 Å². The van der Waals surface area contributed by atoms with Crippen molar-refractivity contribution in [2.75, 3.05) is 12.4 Å². The maximum Gasteiger partial charge on any atom is 0.0755 e. The number of fused-ring (bicyclic) bond motifs is 1. The third kappa shape index (κ3) is 2.20. The zero-order valence-corrected chi connectivity index (χ0v) is 12.1. The molecular weight excluding hydrogens is 232 g/mol. The van der Waals surface area contributed by atoms with Gasteiger partial charge in [-0.05, 0) is 44.4 Å². The highest BCUT2D eigenvalue weighted by molar-refractivity contribution is 5.93. The van der Waals surface area contributed by atoms with Crippen LogP contribution >= 0.6 is 0 Å². The summed E-state index contributed by atoms with van der Waals surface area (Å²) in [5, 5.41) is 4.60. The van der Waals surface area contributed by atoms with E-state index in [1.54, 1.807) is 0 Å². The molecular formula is C17H22N2. The van der Waals surface area contributed by atoms with Crippen LogP contribution in [0.2, 0.25) is 0 Å². The SMILES string of the molecule is CNc1cc(C2CCCC2)nc2c(C)cc(C)cc12. The molecule has 19 heavy (non-hydrogen) atoms.